The molecule has 0 spiro atoms. The Kier molecular flexibility index (Phi) is 5.13. The van der Waals surface area contributed by atoms with E-state index >= 15 is 0 Å². The number of benzene rings is 1. The molecule has 5 nitrogen and oxygen atoms in total. The van der Waals surface area contributed by atoms with Crippen molar-refractivity contribution in [2.24, 2.45) is 5.41 Å². The molecule has 1 saturated heterocycles. The van der Waals surface area contributed by atoms with E-state index in [-0.39, 0.29) is 23.3 Å². The van der Waals surface area contributed by atoms with Crippen molar-refractivity contribution < 1.29 is 9.59 Å². The zero-order chi connectivity index (χ0) is 18.0. The number of carbonyl (C=O) groups excluding carboxylic acids is 2. The molecule has 25 heavy (non-hydrogen) atoms. The van der Waals surface area contributed by atoms with Gasteiger partial charge in [0.25, 0.3) is 0 Å². The van der Waals surface area contributed by atoms with Gasteiger partial charge in [0.15, 0.2) is 0 Å². The molecule has 1 fully saturated rings. The number of hydrogen-bond acceptors (Lipinski definition) is 3. The lowest BCUT2D eigenvalue weighted by Gasteiger charge is -2.27. The predicted octanol–water partition coefficient (Wildman–Crippen LogP) is 2.33. The van der Waals surface area contributed by atoms with Crippen molar-refractivity contribution in [1.82, 2.24) is 15.5 Å². The van der Waals surface area contributed by atoms with E-state index in [0.29, 0.717) is 19.5 Å². The van der Waals surface area contributed by atoms with Crippen LogP contribution in [0.4, 0.5) is 0 Å². The average molecular weight is 343 g/mol. The number of nitrogens with one attached hydrogen (secondary N) is 2. The number of likely N-dealkylation sites (tertiary alicyclic amines) is 1. The van der Waals surface area contributed by atoms with Gasteiger partial charge in [0, 0.05) is 32.6 Å². The molecule has 2 aliphatic heterocycles. The summed E-state index contributed by atoms with van der Waals surface area (Å²) in [5.41, 5.74) is 3.71. The lowest BCUT2D eigenvalue weighted by molar-refractivity contribution is -0.139. The zero-order valence-corrected chi connectivity index (χ0v) is 15.5. The second kappa shape index (κ2) is 7.16. The van der Waals surface area contributed by atoms with Gasteiger partial charge in [0.2, 0.25) is 11.8 Å². The SMILES string of the molecule is CC(C)(C)CC(=O)N1CCCC1C(=O)NCc1ccc2c(c1)CNC2. The van der Waals surface area contributed by atoms with Gasteiger partial charge in [0.1, 0.15) is 6.04 Å². The Morgan fingerprint density at radius 3 is 2.76 bits per heavy atom. The molecule has 136 valence electrons. The van der Waals surface area contributed by atoms with Crippen LogP contribution in [0.1, 0.15) is 56.7 Å². The second-order valence-electron chi connectivity index (χ2n) is 8.41. The van der Waals surface area contributed by atoms with Crippen molar-refractivity contribution in [3.05, 3.63) is 34.9 Å². The standard InChI is InChI=1S/C20H29N3O2/c1-20(2,3)10-18(24)23-8-4-5-17(23)19(25)22-11-14-6-7-15-12-21-13-16(15)9-14/h6-7,9,17,21H,4-5,8,10-13H2,1-3H3,(H,22,25). The number of nitrogens with zero attached hydrogens (tertiary/aromatic N) is 1. The Hall–Kier alpha value is -1.88. The third-order valence-corrected chi connectivity index (χ3v) is 4.93. The summed E-state index contributed by atoms with van der Waals surface area (Å²) in [7, 11) is 0. The van der Waals surface area contributed by atoms with Gasteiger partial charge in [-0.1, -0.05) is 39.0 Å². The summed E-state index contributed by atoms with van der Waals surface area (Å²) < 4.78 is 0. The lowest BCUT2D eigenvalue weighted by Crippen LogP contribution is -2.46. The molecular weight excluding hydrogens is 314 g/mol. The van der Waals surface area contributed by atoms with E-state index in [9.17, 15) is 9.59 Å². The number of fused-ring (bicyclic) bond motifs is 1. The second-order valence-corrected chi connectivity index (χ2v) is 8.41. The molecule has 0 bridgehead atoms. The first-order valence-electron chi connectivity index (χ1n) is 9.22. The van der Waals surface area contributed by atoms with Gasteiger partial charge in [-0.15, -0.1) is 0 Å². The van der Waals surface area contributed by atoms with Crippen molar-refractivity contribution in [3.63, 3.8) is 0 Å². The molecule has 1 aromatic rings. The highest BCUT2D eigenvalue weighted by Crippen LogP contribution is 2.25. The number of carbonyl (C=O) groups is 2. The largest absolute Gasteiger partial charge is 0.350 e. The lowest BCUT2D eigenvalue weighted by atomic mass is 9.91. The number of amides is 2. The Bertz CT molecular complexity index is 663. The minimum Gasteiger partial charge on any atom is -0.350 e. The molecule has 0 saturated carbocycles. The number of rotatable bonds is 4. The Morgan fingerprint density at radius 2 is 2.00 bits per heavy atom. The van der Waals surface area contributed by atoms with Gasteiger partial charge in [0.05, 0.1) is 0 Å². The fraction of sp³-hybridized carbons (Fsp3) is 0.600. The molecule has 0 aromatic heterocycles. The first-order chi connectivity index (χ1) is 11.8. The Balaban J connectivity index is 1.57. The molecule has 1 aromatic carbocycles. The van der Waals surface area contributed by atoms with E-state index in [1.165, 1.54) is 11.1 Å². The topological polar surface area (TPSA) is 61.4 Å². The van der Waals surface area contributed by atoms with E-state index in [2.05, 4.69) is 49.6 Å². The van der Waals surface area contributed by atoms with Gasteiger partial charge in [-0.05, 0) is 34.9 Å². The van der Waals surface area contributed by atoms with Gasteiger partial charge in [-0.2, -0.15) is 0 Å². The monoisotopic (exact) mass is 343 g/mol. The van der Waals surface area contributed by atoms with Crippen molar-refractivity contribution >= 4 is 11.8 Å². The zero-order valence-electron chi connectivity index (χ0n) is 15.5. The van der Waals surface area contributed by atoms with Crippen LogP contribution in [-0.2, 0) is 29.2 Å². The Labute approximate surface area is 150 Å². The van der Waals surface area contributed by atoms with Crippen molar-refractivity contribution in [2.45, 2.75) is 65.7 Å². The van der Waals surface area contributed by atoms with Crippen LogP contribution in [0, 0.1) is 5.41 Å². The summed E-state index contributed by atoms with van der Waals surface area (Å²) >= 11 is 0. The van der Waals surface area contributed by atoms with Crippen molar-refractivity contribution in [2.75, 3.05) is 6.54 Å². The smallest absolute Gasteiger partial charge is 0.243 e. The molecule has 5 heteroatoms. The summed E-state index contributed by atoms with van der Waals surface area (Å²) in [4.78, 5) is 26.9. The third-order valence-electron chi connectivity index (χ3n) is 4.93. The maximum absolute atomic E-state index is 12.6. The van der Waals surface area contributed by atoms with Gasteiger partial charge in [-0.3, -0.25) is 9.59 Å². The average Bonchev–Trinajstić information content (AvgIpc) is 3.19. The highest BCUT2D eigenvalue weighted by atomic mass is 16.2. The highest BCUT2D eigenvalue weighted by molar-refractivity contribution is 5.88. The first kappa shape index (κ1) is 17.9. The maximum atomic E-state index is 12.6. The van der Waals surface area contributed by atoms with E-state index in [1.54, 1.807) is 4.90 Å². The van der Waals surface area contributed by atoms with Crippen LogP contribution in [0.2, 0.25) is 0 Å². The van der Waals surface area contributed by atoms with Crippen LogP contribution in [0.15, 0.2) is 18.2 Å². The van der Waals surface area contributed by atoms with Crippen molar-refractivity contribution in [1.29, 1.82) is 0 Å². The quantitative estimate of drug-likeness (QED) is 0.882. The van der Waals surface area contributed by atoms with Crippen LogP contribution in [0.5, 0.6) is 0 Å². The summed E-state index contributed by atoms with van der Waals surface area (Å²) in [6.45, 7) is 9.20. The molecule has 0 radical (unpaired) electrons. The summed E-state index contributed by atoms with van der Waals surface area (Å²) in [6, 6.07) is 6.05. The van der Waals surface area contributed by atoms with Crippen LogP contribution in [-0.4, -0.2) is 29.3 Å². The van der Waals surface area contributed by atoms with Crippen LogP contribution in [0.3, 0.4) is 0 Å². The number of hydrogen-bond donors (Lipinski definition) is 2. The van der Waals surface area contributed by atoms with Crippen LogP contribution in [0.25, 0.3) is 0 Å². The maximum Gasteiger partial charge on any atom is 0.243 e. The fourth-order valence-corrected chi connectivity index (χ4v) is 3.66. The molecule has 2 heterocycles. The summed E-state index contributed by atoms with van der Waals surface area (Å²) in [5, 5.41) is 6.36. The Morgan fingerprint density at radius 1 is 1.24 bits per heavy atom. The van der Waals surface area contributed by atoms with Gasteiger partial charge < -0.3 is 15.5 Å². The van der Waals surface area contributed by atoms with E-state index in [4.69, 9.17) is 0 Å². The minimum atomic E-state index is -0.314. The normalized spacial score (nSPS) is 19.8. The minimum absolute atomic E-state index is 0.0293. The molecule has 2 amide bonds. The molecule has 3 rings (SSSR count). The fourth-order valence-electron chi connectivity index (χ4n) is 3.66. The van der Waals surface area contributed by atoms with Crippen LogP contribution < -0.4 is 10.6 Å². The van der Waals surface area contributed by atoms with Gasteiger partial charge in [-0.25, -0.2) is 0 Å². The summed E-state index contributed by atoms with van der Waals surface area (Å²) in [6.07, 6.45) is 2.14. The third kappa shape index (κ3) is 4.40. The van der Waals surface area contributed by atoms with E-state index in [0.717, 1.165) is 31.5 Å². The first-order valence-corrected chi connectivity index (χ1v) is 9.22. The van der Waals surface area contributed by atoms with E-state index in [1.807, 2.05) is 0 Å². The van der Waals surface area contributed by atoms with Gasteiger partial charge >= 0.3 is 0 Å². The molecule has 2 aliphatic rings. The highest BCUT2D eigenvalue weighted by Gasteiger charge is 2.35. The molecule has 2 N–H and O–H groups in total. The summed E-state index contributed by atoms with van der Waals surface area (Å²) in [5.74, 6) is 0.0622. The molecule has 1 atom stereocenters. The molecular formula is C20H29N3O2. The molecule has 1 unspecified atom stereocenters. The van der Waals surface area contributed by atoms with Crippen molar-refractivity contribution in [3.8, 4) is 0 Å². The predicted molar refractivity (Wildman–Crippen MR) is 97.6 cm³/mol. The van der Waals surface area contributed by atoms with Crippen LogP contribution >= 0.6 is 0 Å². The molecule has 0 aliphatic carbocycles. The van der Waals surface area contributed by atoms with E-state index < -0.39 is 0 Å².